The smallest absolute Gasteiger partial charge is 0.139 e. The van der Waals surface area contributed by atoms with E-state index in [9.17, 15) is 0 Å². The third kappa shape index (κ3) is 5.86. The van der Waals surface area contributed by atoms with E-state index in [1.54, 1.807) is 6.33 Å². The number of pyridine rings is 1. The molecule has 1 saturated heterocycles. The van der Waals surface area contributed by atoms with Crippen molar-refractivity contribution in [3.05, 3.63) is 53.2 Å². The molecule has 4 rings (SSSR count). The highest BCUT2D eigenvalue weighted by Crippen LogP contribution is 2.44. The zero-order valence-corrected chi connectivity index (χ0v) is 18.4. The van der Waals surface area contributed by atoms with E-state index >= 15 is 0 Å². The van der Waals surface area contributed by atoms with Crippen molar-refractivity contribution in [1.29, 1.82) is 0 Å². The van der Waals surface area contributed by atoms with Crippen LogP contribution in [-0.2, 0) is 6.42 Å². The van der Waals surface area contributed by atoms with Gasteiger partial charge in [0.25, 0.3) is 0 Å². The lowest BCUT2D eigenvalue weighted by Gasteiger charge is -2.30. The largest absolute Gasteiger partial charge is 0.353 e. The van der Waals surface area contributed by atoms with Crippen molar-refractivity contribution in [2.24, 2.45) is 5.92 Å². The monoisotopic (exact) mass is 393 g/mol. The maximum atomic E-state index is 4.59. The fraction of sp³-hybridized carbons (Fsp3) is 0.542. The first kappa shape index (κ1) is 21.4. The minimum absolute atomic E-state index is 0.733. The van der Waals surface area contributed by atoms with Crippen LogP contribution in [0.4, 0.5) is 5.82 Å². The molecule has 0 aromatic carbocycles. The average molecular weight is 394 g/mol. The zero-order valence-electron chi connectivity index (χ0n) is 18.4. The van der Waals surface area contributed by atoms with Gasteiger partial charge in [0.2, 0.25) is 0 Å². The van der Waals surface area contributed by atoms with Gasteiger partial charge >= 0.3 is 0 Å². The Labute approximate surface area is 175 Å². The van der Waals surface area contributed by atoms with Crippen LogP contribution >= 0.6 is 0 Å². The topological polar surface area (TPSA) is 53.9 Å². The average Bonchev–Trinajstić information content (AvgIpc) is 3.56. The Balaban J connectivity index is 0.000000204. The van der Waals surface area contributed by atoms with Crippen molar-refractivity contribution in [2.45, 2.75) is 53.4 Å². The highest BCUT2D eigenvalue weighted by Gasteiger charge is 2.30. The molecule has 0 amide bonds. The summed E-state index contributed by atoms with van der Waals surface area (Å²) in [5.41, 5.74) is 6.46. The van der Waals surface area contributed by atoms with Gasteiger partial charge in [-0.25, -0.2) is 9.97 Å². The molecular formula is C24H35N5. The van der Waals surface area contributed by atoms with Crippen molar-refractivity contribution < 1.29 is 0 Å². The van der Waals surface area contributed by atoms with Crippen LogP contribution in [0, 0.1) is 19.8 Å². The van der Waals surface area contributed by atoms with Crippen molar-refractivity contribution in [1.82, 2.24) is 20.3 Å². The van der Waals surface area contributed by atoms with Crippen molar-refractivity contribution >= 4 is 11.4 Å². The van der Waals surface area contributed by atoms with Crippen LogP contribution < -0.4 is 10.2 Å². The van der Waals surface area contributed by atoms with Gasteiger partial charge in [0.15, 0.2) is 0 Å². The highest BCUT2D eigenvalue weighted by molar-refractivity contribution is 5.78. The Hall–Kier alpha value is -2.27. The fourth-order valence-electron chi connectivity index (χ4n) is 3.94. The van der Waals surface area contributed by atoms with Crippen molar-refractivity contribution in [2.75, 3.05) is 31.1 Å². The van der Waals surface area contributed by atoms with Crippen LogP contribution in [0.25, 0.3) is 5.57 Å². The number of rotatable bonds is 5. The van der Waals surface area contributed by atoms with E-state index in [2.05, 4.69) is 65.0 Å². The molecule has 1 saturated carbocycles. The quantitative estimate of drug-likeness (QED) is 0.818. The first-order valence-electron chi connectivity index (χ1n) is 11.0. The SMILES string of the molecule is C/C=C(\c1c(C)ncnc1N1CCNCC1)C1CC1.CCCc1cncc(C)c1. The Kier molecular flexibility index (Phi) is 7.76. The molecule has 156 valence electrons. The molecule has 29 heavy (non-hydrogen) atoms. The van der Waals surface area contributed by atoms with Crippen LogP contribution in [-0.4, -0.2) is 41.1 Å². The van der Waals surface area contributed by atoms with Crippen LogP contribution in [0.2, 0.25) is 0 Å². The Morgan fingerprint density at radius 3 is 2.55 bits per heavy atom. The molecule has 5 heteroatoms. The molecule has 2 fully saturated rings. The predicted octanol–water partition coefficient (Wildman–Crippen LogP) is 4.35. The number of aromatic nitrogens is 3. The normalized spacial score (nSPS) is 17.0. The van der Waals surface area contributed by atoms with Gasteiger partial charge in [0.05, 0.1) is 5.69 Å². The number of nitrogens with zero attached hydrogens (tertiary/aromatic N) is 4. The summed E-state index contributed by atoms with van der Waals surface area (Å²) in [6.45, 7) is 12.6. The summed E-state index contributed by atoms with van der Waals surface area (Å²) >= 11 is 0. The number of anilines is 1. The summed E-state index contributed by atoms with van der Waals surface area (Å²) in [6, 6.07) is 2.19. The molecule has 5 nitrogen and oxygen atoms in total. The molecule has 0 bridgehead atoms. The second-order valence-corrected chi connectivity index (χ2v) is 8.03. The van der Waals surface area contributed by atoms with E-state index < -0.39 is 0 Å². The molecule has 2 aromatic heterocycles. The van der Waals surface area contributed by atoms with E-state index in [4.69, 9.17) is 0 Å². The van der Waals surface area contributed by atoms with E-state index in [0.717, 1.165) is 50.0 Å². The Morgan fingerprint density at radius 2 is 1.93 bits per heavy atom. The van der Waals surface area contributed by atoms with Crippen molar-refractivity contribution in [3.8, 4) is 0 Å². The van der Waals surface area contributed by atoms with Gasteiger partial charge in [-0.05, 0) is 62.7 Å². The van der Waals surface area contributed by atoms with Crippen LogP contribution in [0.5, 0.6) is 0 Å². The van der Waals surface area contributed by atoms with E-state index in [1.807, 2.05) is 12.4 Å². The van der Waals surface area contributed by atoms with E-state index in [-0.39, 0.29) is 0 Å². The molecule has 3 heterocycles. The molecule has 2 aromatic rings. The standard InChI is InChI=1S/C15H22N4.C9H13N/c1-3-13(12-4-5-12)14-11(2)17-10-18-15(14)19-8-6-16-7-9-19;1-3-4-9-5-8(2)6-10-7-9/h3,10,12,16H,4-9H2,1-2H3;5-7H,3-4H2,1-2H3/b13-3-;. The predicted molar refractivity (Wildman–Crippen MR) is 121 cm³/mol. The Bertz CT molecular complexity index is 820. The first-order valence-corrected chi connectivity index (χ1v) is 11.0. The van der Waals surface area contributed by atoms with Gasteiger partial charge in [0, 0.05) is 44.1 Å². The lowest BCUT2D eigenvalue weighted by Crippen LogP contribution is -2.44. The molecule has 2 aliphatic rings. The van der Waals surface area contributed by atoms with Gasteiger partial charge < -0.3 is 10.2 Å². The molecule has 0 radical (unpaired) electrons. The number of aryl methyl sites for hydroxylation is 3. The van der Waals surface area contributed by atoms with E-state index in [0.29, 0.717) is 0 Å². The minimum Gasteiger partial charge on any atom is -0.353 e. The van der Waals surface area contributed by atoms with Crippen LogP contribution in [0.15, 0.2) is 30.9 Å². The summed E-state index contributed by atoms with van der Waals surface area (Å²) in [7, 11) is 0. The zero-order chi connectivity index (χ0) is 20.6. The summed E-state index contributed by atoms with van der Waals surface area (Å²) in [4.78, 5) is 15.5. The van der Waals surface area contributed by atoms with Gasteiger partial charge in [-0.2, -0.15) is 0 Å². The fourth-order valence-corrected chi connectivity index (χ4v) is 3.94. The summed E-state index contributed by atoms with van der Waals surface area (Å²) in [6.07, 6.45) is 12.8. The summed E-state index contributed by atoms with van der Waals surface area (Å²) in [5.74, 6) is 1.87. The third-order valence-electron chi connectivity index (χ3n) is 5.52. The second-order valence-electron chi connectivity index (χ2n) is 8.03. The maximum absolute atomic E-state index is 4.59. The molecule has 1 N–H and O–H groups in total. The molecule has 0 unspecified atom stereocenters. The molecule has 1 aliphatic heterocycles. The minimum atomic E-state index is 0.733. The Morgan fingerprint density at radius 1 is 1.17 bits per heavy atom. The number of nitrogens with one attached hydrogen (secondary N) is 1. The lowest BCUT2D eigenvalue weighted by molar-refractivity contribution is 0.583. The summed E-state index contributed by atoms with van der Waals surface area (Å²) in [5, 5.41) is 3.40. The molecule has 1 aliphatic carbocycles. The number of hydrogen-bond acceptors (Lipinski definition) is 5. The van der Waals surface area contributed by atoms with Crippen molar-refractivity contribution in [3.63, 3.8) is 0 Å². The molecule has 0 atom stereocenters. The van der Waals surface area contributed by atoms with Gasteiger partial charge in [0.1, 0.15) is 12.1 Å². The third-order valence-corrected chi connectivity index (χ3v) is 5.52. The van der Waals surface area contributed by atoms with Crippen LogP contribution in [0.3, 0.4) is 0 Å². The number of allylic oxidation sites excluding steroid dienone is 2. The van der Waals surface area contributed by atoms with Gasteiger partial charge in [-0.3, -0.25) is 4.98 Å². The van der Waals surface area contributed by atoms with E-state index in [1.165, 1.54) is 41.5 Å². The molecular weight excluding hydrogens is 358 g/mol. The maximum Gasteiger partial charge on any atom is 0.139 e. The number of hydrogen-bond donors (Lipinski definition) is 1. The lowest BCUT2D eigenvalue weighted by atomic mass is 9.99. The van der Waals surface area contributed by atoms with Gasteiger partial charge in [-0.1, -0.05) is 25.5 Å². The second kappa shape index (κ2) is 10.5. The molecule has 0 spiro atoms. The van der Waals surface area contributed by atoms with Gasteiger partial charge in [-0.15, -0.1) is 0 Å². The summed E-state index contributed by atoms with van der Waals surface area (Å²) < 4.78 is 0. The number of piperazine rings is 1. The first-order chi connectivity index (χ1) is 14.1. The highest BCUT2D eigenvalue weighted by atomic mass is 15.2. The van der Waals surface area contributed by atoms with Crippen LogP contribution in [0.1, 0.15) is 55.5 Å².